The van der Waals surface area contributed by atoms with E-state index in [9.17, 15) is 4.79 Å². The monoisotopic (exact) mass is 270 g/mol. The van der Waals surface area contributed by atoms with Gasteiger partial charge >= 0.3 is 0 Å². The Kier molecular flexibility index (Phi) is 3.77. The SMILES string of the molecule is C[C@H]1CCCC[C@H]1NC(=O)Cn1ccc2ccccc21. The number of para-hydroxylation sites is 1. The fraction of sp³-hybridized carbons (Fsp3) is 0.471. The van der Waals surface area contributed by atoms with Gasteiger partial charge < -0.3 is 9.88 Å². The van der Waals surface area contributed by atoms with E-state index >= 15 is 0 Å². The number of rotatable bonds is 3. The molecule has 1 N–H and O–H groups in total. The number of aromatic nitrogens is 1. The third-order valence-electron chi connectivity index (χ3n) is 4.45. The Labute approximate surface area is 120 Å². The first-order valence-electron chi connectivity index (χ1n) is 7.57. The summed E-state index contributed by atoms with van der Waals surface area (Å²) in [7, 11) is 0. The van der Waals surface area contributed by atoms with Crippen LogP contribution >= 0.6 is 0 Å². The Bertz CT molecular complexity index is 602. The predicted molar refractivity (Wildman–Crippen MR) is 81.5 cm³/mol. The van der Waals surface area contributed by atoms with Crippen molar-refractivity contribution in [1.82, 2.24) is 9.88 Å². The van der Waals surface area contributed by atoms with Gasteiger partial charge in [-0.15, -0.1) is 0 Å². The first kappa shape index (κ1) is 13.2. The number of nitrogens with one attached hydrogen (secondary N) is 1. The summed E-state index contributed by atoms with van der Waals surface area (Å²) in [6.07, 6.45) is 6.89. The standard InChI is InChI=1S/C17H22N2O/c1-13-6-2-4-8-15(13)18-17(20)12-19-11-10-14-7-3-5-9-16(14)19/h3,5,7,9-11,13,15H,2,4,6,8,12H2,1H3,(H,18,20)/t13-,15+/m0/s1. The lowest BCUT2D eigenvalue weighted by atomic mass is 9.86. The minimum Gasteiger partial charge on any atom is -0.352 e. The number of fused-ring (bicyclic) bond motifs is 1. The van der Waals surface area contributed by atoms with E-state index in [1.165, 1.54) is 24.6 Å². The van der Waals surface area contributed by atoms with Gasteiger partial charge in [-0.1, -0.05) is 38.0 Å². The summed E-state index contributed by atoms with van der Waals surface area (Å²) in [5.41, 5.74) is 1.12. The summed E-state index contributed by atoms with van der Waals surface area (Å²) in [4.78, 5) is 12.2. The summed E-state index contributed by atoms with van der Waals surface area (Å²) in [5, 5.41) is 4.40. The first-order chi connectivity index (χ1) is 9.74. The summed E-state index contributed by atoms with van der Waals surface area (Å²) in [6.45, 7) is 2.66. The van der Waals surface area contributed by atoms with Crippen LogP contribution < -0.4 is 5.32 Å². The number of hydrogen-bond acceptors (Lipinski definition) is 1. The minimum atomic E-state index is 0.130. The molecule has 0 unspecified atom stereocenters. The summed E-state index contributed by atoms with van der Waals surface area (Å²) in [6, 6.07) is 10.6. The Morgan fingerprint density at radius 2 is 2.05 bits per heavy atom. The van der Waals surface area contributed by atoms with Gasteiger partial charge in [-0.2, -0.15) is 0 Å². The molecule has 3 heteroatoms. The van der Waals surface area contributed by atoms with Gasteiger partial charge in [-0.3, -0.25) is 4.79 Å². The van der Waals surface area contributed by atoms with Crippen LogP contribution in [0.1, 0.15) is 32.6 Å². The highest BCUT2D eigenvalue weighted by Crippen LogP contribution is 2.23. The molecule has 1 aliphatic carbocycles. The molecule has 1 aromatic carbocycles. The van der Waals surface area contributed by atoms with Crippen LogP contribution in [-0.2, 0) is 11.3 Å². The molecular formula is C17H22N2O. The van der Waals surface area contributed by atoms with E-state index in [1.807, 2.05) is 22.9 Å². The second kappa shape index (κ2) is 5.70. The van der Waals surface area contributed by atoms with Gasteiger partial charge in [0.1, 0.15) is 6.54 Å². The lowest BCUT2D eigenvalue weighted by molar-refractivity contribution is -0.122. The molecule has 3 nitrogen and oxygen atoms in total. The molecule has 1 aromatic heterocycles. The van der Waals surface area contributed by atoms with Gasteiger partial charge in [-0.25, -0.2) is 0 Å². The van der Waals surface area contributed by atoms with Gasteiger partial charge in [0, 0.05) is 17.8 Å². The topological polar surface area (TPSA) is 34.0 Å². The van der Waals surface area contributed by atoms with Gasteiger partial charge in [0.15, 0.2) is 0 Å². The third kappa shape index (κ3) is 2.72. The van der Waals surface area contributed by atoms with Gasteiger partial charge in [-0.05, 0) is 36.3 Å². The number of nitrogens with zero attached hydrogens (tertiary/aromatic N) is 1. The van der Waals surface area contributed by atoms with Crippen molar-refractivity contribution in [2.24, 2.45) is 5.92 Å². The zero-order valence-corrected chi connectivity index (χ0v) is 12.0. The average Bonchev–Trinajstić information content (AvgIpc) is 2.85. The molecule has 0 saturated heterocycles. The number of benzene rings is 1. The fourth-order valence-corrected chi connectivity index (χ4v) is 3.22. The van der Waals surface area contributed by atoms with Crippen LogP contribution in [0.5, 0.6) is 0 Å². The maximum atomic E-state index is 12.2. The highest BCUT2D eigenvalue weighted by atomic mass is 16.2. The maximum absolute atomic E-state index is 12.2. The van der Waals surface area contributed by atoms with Crippen LogP contribution in [0.2, 0.25) is 0 Å². The van der Waals surface area contributed by atoms with Gasteiger partial charge in [0.25, 0.3) is 0 Å². The van der Waals surface area contributed by atoms with Crippen molar-refractivity contribution in [2.75, 3.05) is 0 Å². The van der Waals surface area contributed by atoms with Crippen LogP contribution in [-0.4, -0.2) is 16.5 Å². The van der Waals surface area contributed by atoms with E-state index in [2.05, 4.69) is 30.4 Å². The van der Waals surface area contributed by atoms with Gasteiger partial charge in [0.2, 0.25) is 5.91 Å². The number of carbonyl (C=O) groups excluding carboxylic acids is 1. The van der Waals surface area contributed by atoms with E-state index in [4.69, 9.17) is 0 Å². The molecule has 0 spiro atoms. The zero-order chi connectivity index (χ0) is 13.9. The predicted octanol–water partition coefficient (Wildman–Crippen LogP) is 3.34. The first-order valence-corrected chi connectivity index (χ1v) is 7.57. The Balaban J connectivity index is 1.66. The van der Waals surface area contributed by atoms with Crippen molar-refractivity contribution in [3.8, 4) is 0 Å². The fourth-order valence-electron chi connectivity index (χ4n) is 3.22. The Hall–Kier alpha value is -1.77. The third-order valence-corrected chi connectivity index (χ3v) is 4.45. The largest absolute Gasteiger partial charge is 0.352 e. The zero-order valence-electron chi connectivity index (χ0n) is 12.0. The molecule has 1 aliphatic rings. The van der Waals surface area contributed by atoms with Crippen molar-refractivity contribution < 1.29 is 4.79 Å². The number of hydrogen-bond donors (Lipinski definition) is 1. The van der Waals surface area contributed by atoms with E-state index in [0.29, 0.717) is 18.5 Å². The van der Waals surface area contributed by atoms with Crippen molar-refractivity contribution in [3.05, 3.63) is 36.5 Å². The summed E-state index contributed by atoms with van der Waals surface area (Å²) in [5.74, 6) is 0.735. The molecule has 2 atom stereocenters. The minimum absolute atomic E-state index is 0.130. The lowest BCUT2D eigenvalue weighted by Gasteiger charge is -2.29. The second-order valence-corrected chi connectivity index (χ2v) is 5.94. The molecule has 1 saturated carbocycles. The molecule has 3 rings (SSSR count). The smallest absolute Gasteiger partial charge is 0.240 e. The molecule has 0 bridgehead atoms. The number of amides is 1. The van der Waals surface area contributed by atoms with Crippen LogP contribution in [0.4, 0.5) is 0 Å². The Morgan fingerprint density at radius 1 is 1.25 bits per heavy atom. The quantitative estimate of drug-likeness (QED) is 0.912. The highest BCUT2D eigenvalue weighted by Gasteiger charge is 2.22. The summed E-state index contributed by atoms with van der Waals surface area (Å²) < 4.78 is 2.03. The highest BCUT2D eigenvalue weighted by molar-refractivity contribution is 5.83. The van der Waals surface area contributed by atoms with Crippen molar-refractivity contribution in [2.45, 2.75) is 45.2 Å². The van der Waals surface area contributed by atoms with E-state index in [-0.39, 0.29) is 5.91 Å². The van der Waals surface area contributed by atoms with Crippen molar-refractivity contribution in [3.63, 3.8) is 0 Å². The van der Waals surface area contributed by atoms with Crippen molar-refractivity contribution in [1.29, 1.82) is 0 Å². The molecule has 1 fully saturated rings. The molecule has 1 heterocycles. The molecule has 0 radical (unpaired) electrons. The van der Waals surface area contributed by atoms with Crippen LogP contribution in [0.3, 0.4) is 0 Å². The maximum Gasteiger partial charge on any atom is 0.240 e. The van der Waals surface area contributed by atoms with E-state index in [1.54, 1.807) is 0 Å². The Morgan fingerprint density at radius 3 is 2.90 bits per heavy atom. The summed E-state index contributed by atoms with van der Waals surface area (Å²) >= 11 is 0. The number of carbonyl (C=O) groups is 1. The molecule has 2 aromatic rings. The van der Waals surface area contributed by atoms with E-state index in [0.717, 1.165) is 11.9 Å². The molecule has 20 heavy (non-hydrogen) atoms. The second-order valence-electron chi connectivity index (χ2n) is 5.94. The molecular weight excluding hydrogens is 248 g/mol. The normalized spacial score (nSPS) is 22.9. The molecule has 1 amide bonds. The van der Waals surface area contributed by atoms with Crippen LogP contribution in [0, 0.1) is 5.92 Å². The molecule has 106 valence electrons. The lowest BCUT2D eigenvalue weighted by Crippen LogP contribution is -2.42. The van der Waals surface area contributed by atoms with E-state index < -0.39 is 0 Å². The molecule has 0 aliphatic heterocycles. The van der Waals surface area contributed by atoms with Gasteiger partial charge in [0.05, 0.1) is 0 Å². The average molecular weight is 270 g/mol. The van der Waals surface area contributed by atoms with Crippen LogP contribution in [0.15, 0.2) is 36.5 Å². The van der Waals surface area contributed by atoms with Crippen molar-refractivity contribution >= 4 is 16.8 Å². The van der Waals surface area contributed by atoms with Crippen LogP contribution in [0.25, 0.3) is 10.9 Å².